The monoisotopic (exact) mass is 272 g/mol. The van der Waals surface area contributed by atoms with Gasteiger partial charge in [-0.05, 0) is 19.1 Å². The summed E-state index contributed by atoms with van der Waals surface area (Å²) in [6.45, 7) is 3.21. The first kappa shape index (κ1) is 12.6. The highest BCUT2D eigenvalue weighted by molar-refractivity contribution is 5.56. The van der Waals surface area contributed by atoms with E-state index in [9.17, 15) is 0 Å². The third-order valence-corrected chi connectivity index (χ3v) is 2.95. The molecule has 0 radical (unpaired) electrons. The molecule has 0 aliphatic heterocycles. The zero-order chi connectivity index (χ0) is 13.9. The van der Waals surface area contributed by atoms with Crippen molar-refractivity contribution in [2.24, 2.45) is 7.05 Å². The van der Waals surface area contributed by atoms with Gasteiger partial charge >= 0.3 is 0 Å². The van der Waals surface area contributed by atoms with Crippen molar-refractivity contribution in [3.63, 3.8) is 0 Å². The van der Waals surface area contributed by atoms with E-state index in [-0.39, 0.29) is 0 Å². The minimum atomic E-state index is 0.614. The minimum Gasteiger partial charge on any atom is -0.460 e. The zero-order valence-corrected chi connectivity index (χ0v) is 11.4. The first-order valence-electron chi connectivity index (χ1n) is 6.36. The summed E-state index contributed by atoms with van der Waals surface area (Å²) in [5.74, 6) is 2.45. The lowest BCUT2D eigenvalue weighted by Gasteiger charge is -2.02. The molecule has 0 aromatic carbocycles. The molecule has 0 atom stereocenters. The molecule has 20 heavy (non-hydrogen) atoms. The average Bonchev–Trinajstić information content (AvgIpc) is 3.11. The fourth-order valence-corrected chi connectivity index (χ4v) is 2.00. The molecule has 0 bridgehead atoms. The third kappa shape index (κ3) is 2.62. The molecule has 0 spiro atoms. The van der Waals surface area contributed by atoms with Crippen LogP contribution in [0.1, 0.15) is 17.1 Å². The van der Waals surface area contributed by atoms with Gasteiger partial charge in [0.1, 0.15) is 17.8 Å². The van der Waals surface area contributed by atoms with E-state index in [0.29, 0.717) is 13.1 Å². The van der Waals surface area contributed by atoms with Crippen molar-refractivity contribution < 1.29 is 4.42 Å². The van der Waals surface area contributed by atoms with Crippen molar-refractivity contribution >= 4 is 0 Å². The maximum Gasteiger partial charge on any atom is 0.164 e. The molecule has 0 fully saturated rings. The van der Waals surface area contributed by atoms with Gasteiger partial charge in [-0.3, -0.25) is 9.78 Å². The molecule has 2 N–H and O–H groups in total. The van der Waals surface area contributed by atoms with E-state index in [1.807, 2.05) is 26.1 Å². The third-order valence-electron chi connectivity index (χ3n) is 2.95. The molecule has 7 nitrogen and oxygen atoms in total. The van der Waals surface area contributed by atoms with Crippen LogP contribution in [0.25, 0.3) is 11.5 Å². The molecule has 0 saturated heterocycles. The lowest BCUT2D eigenvalue weighted by molar-refractivity contribution is 0.545. The number of furan rings is 1. The lowest BCUT2D eigenvalue weighted by Crippen LogP contribution is -2.14. The van der Waals surface area contributed by atoms with Gasteiger partial charge in [0.2, 0.25) is 0 Å². The summed E-state index contributed by atoms with van der Waals surface area (Å²) >= 11 is 0. The van der Waals surface area contributed by atoms with Gasteiger partial charge in [0.15, 0.2) is 11.6 Å². The molecule has 0 aliphatic rings. The summed E-state index contributed by atoms with van der Waals surface area (Å²) in [6.07, 6.45) is 3.48. The van der Waals surface area contributed by atoms with Gasteiger partial charge in [0.05, 0.1) is 12.7 Å². The predicted octanol–water partition coefficient (Wildman–Crippen LogP) is 1.40. The van der Waals surface area contributed by atoms with E-state index < -0.39 is 0 Å². The number of nitrogens with one attached hydrogen (secondary N) is 2. The van der Waals surface area contributed by atoms with E-state index in [1.54, 1.807) is 17.2 Å². The number of aryl methyl sites for hydroxylation is 2. The first-order chi connectivity index (χ1) is 9.72. The fourth-order valence-electron chi connectivity index (χ4n) is 2.00. The van der Waals surface area contributed by atoms with Gasteiger partial charge in [0, 0.05) is 19.2 Å². The second kappa shape index (κ2) is 5.30. The standard InChI is InChI=1S/C13H16N6O/c1-9-3-4-11(20-9)13-10(6-16-17-13)5-14-7-12-15-8-19(2)18-12/h3-4,6,8,14H,5,7H2,1-2H3,(H,16,17). The highest BCUT2D eigenvalue weighted by Crippen LogP contribution is 2.23. The molecule has 3 aromatic rings. The Labute approximate surface area is 116 Å². The molecule has 0 saturated carbocycles. The van der Waals surface area contributed by atoms with Gasteiger partial charge in [-0.1, -0.05) is 0 Å². The number of hydrogen-bond donors (Lipinski definition) is 2. The van der Waals surface area contributed by atoms with Crippen LogP contribution in [0.4, 0.5) is 0 Å². The Bertz CT molecular complexity index is 695. The largest absolute Gasteiger partial charge is 0.460 e. The highest BCUT2D eigenvalue weighted by atomic mass is 16.3. The smallest absolute Gasteiger partial charge is 0.164 e. The Morgan fingerprint density at radius 3 is 2.95 bits per heavy atom. The quantitative estimate of drug-likeness (QED) is 0.733. The van der Waals surface area contributed by atoms with Crippen LogP contribution in [0.15, 0.2) is 29.1 Å². The van der Waals surface area contributed by atoms with Gasteiger partial charge < -0.3 is 9.73 Å². The molecule has 0 aliphatic carbocycles. The maximum absolute atomic E-state index is 5.61. The summed E-state index contributed by atoms with van der Waals surface area (Å²) in [4.78, 5) is 4.17. The average molecular weight is 272 g/mol. The van der Waals surface area contributed by atoms with E-state index in [1.165, 1.54) is 0 Å². The topological polar surface area (TPSA) is 84.6 Å². The van der Waals surface area contributed by atoms with E-state index in [2.05, 4.69) is 25.6 Å². The van der Waals surface area contributed by atoms with Crippen LogP contribution >= 0.6 is 0 Å². The van der Waals surface area contributed by atoms with Crippen LogP contribution in [-0.4, -0.2) is 25.0 Å². The number of rotatable bonds is 5. The summed E-state index contributed by atoms with van der Waals surface area (Å²) < 4.78 is 7.30. The van der Waals surface area contributed by atoms with Crippen molar-refractivity contribution in [1.29, 1.82) is 0 Å². The van der Waals surface area contributed by atoms with Gasteiger partial charge in [-0.25, -0.2) is 4.98 Å². The number of nitrogens with zero attached hydrogens (tertiary/aromatic N) is 4. The Morgan fingerprint density at radius 1 is 1.35 bits per heavy atom. The first-order valence-corrected chi connectivity index (χ1v) is 6.36. The van der Waals surface area contributed by atoms with Crippen LogP contribution in [0.2, 0.25) is 0 Å². The summed E-state index contributed by atoms with van der Waals surface area (Å²) in [5.41, 5.74) is 1.95. The van der Waals surface area contributed by atoms with Crippen molar-refractivity contribution in [1.82, 2.24) is 30.3 Å². The summed E-state index contributed by atoms with van der Waals surface area (Å²) in [5, 5.41) is 14.6. The molecule has 3 rings (SSSR count). The number of H-pyrrole nitrogens is 1. The van der Waals surface area contributed by atoms with E-state index in [0.717, 1.165) is 28.6 Å². The van der Waals surface area contributed by atoms with Crippen LogP contribution in [-0.2, 0) is 20.1 Å². The Kier molecular flexibility index (Phi) is 3.34. The van der Waals surface area contributed by atoms with Crippen LogP contribution in [0.5, 0.6) is 0 Å². The molecule has 3 heterocycles. The second-order valence-electron chi connectivity index (χ2n) is 4.62. The van der Waals surface area contributed by atoms with Crippen molar-refractivity contribution in [2.45, 2.75) is 20.0 Å². The molecular weight excluding hydrogens is 256 g/mol. The number of aromatic nitrogens is 5. The highest BCUT2D eigenvalue weighted by Gasteiger charge is 2.11. The van der Waals surface area contributed by atoms with Crippen molar-refractivity contribution in [3.8, 4) is 11.5 Å². The molecule has 7 heteroatoms. The zero-order valence-electron chi connectivity index (χ0n) is 11.4. The van der Waals surface area contributed by atoms with Gasteiger partial charge in [-0.15, -0.1) is 0 Å². The van der Waals surface area contributed by atoms with Gasteiger partial charge in [-0.2, -0.15) is 10.2 Å². The Balaban J connectivity index is 1.65. The lowest BCUT2D eigenvalue weighted by atomic mass is 10.2. The molecule has 3 aromatic heterocycles. The SMILES string of the molecule is Cc1ccc(-c2[nH]ncc2CNCc2ncn(C)n2)o1. The minimum absolute atomic E-state index is 0.614. The van der Waals surface area contributed by atoms with Gasteiger partial charge in [0.25, 0.3) is 0 Å². The number of aromatic amines is 1. The molecule has 104 valence electrons. The Hall–Kier alpha value is -2.41. The maximum atomic E-state index is 5.61. The van der Waals surface area contributed by atoms with Crippen molar-refractivity contribution in [3.05, 3.63) is 41.8 Å². The Morgan fingerprint density at radius 2 is 2.25 bits per heavy atom. The van der Waals surface area contributed by atoms with E-state index in [4.69, 9.17) is 4.42 Å². The van der Waals surface area contributed by atoms with E-state index >= 15 is 0 Å². The van der Waals surface area contributed by atoms with Crippen molar-refractivity contribution in [2.75, 3.05) is 0 Å². The predicted molar refractivity (Wildman–Crippen MR) is 72.6 cm³/mol. The summed E-state index contributed by atoms with van der Waals surface area (Å²) in [6, 6.07) is 3.87. The second-order valence-corrected chi connectivity index (χ2v) is 4.62. The number of hydrogen-bond acceptors (Lipinski definition) is 5. The van der Waals surface area contributed by atoms with Crippen LogP contribution < -0.4 is 5.32 Å². The molecular formula is C13H16N6O. The fraction of sp³-hybridized carbons (Fsp3) is 0.308. The van der Waals surface area contributed by atoms with Crippen LogP contribution in [0, 0.1) is 6.92 Å². The normalized spacial score (nSPS) is 11.1. The van der Waals surface area contributed by atoms with Crippen LogP contribution in [0.3, 0.4) is 0 Å². The molecule has 0 amide bonds. The summed E-state index contributed by atoms with van der Waals surface area (Å²) in [7, 11) is 1.85. The molecule has 0 unspecified atom stereocenters.